The highest BCUT2D eigenvalue weighted by Crippen LogP contribution is 2.33. The predicted molar refractivity (Wildman–Crippen MR) is 87.3 cm³/mol. The number of aromatic nitrogens is 2. The molecule has 0 bridgehead atoms. The van der Waals surface area contributed by atoms with Crippen molar-refractivity contribution in [3.63, 3.8) is 0 Å². The van der Waals surface area contributed by atoms with Gasteiger partial charge in [0.15, 0.2) is 0 Å². The second-order valence-electron chi connectivity index (χ2n) is 5.45. The van der Waals surface area contributed by atoms with Crippen LogP contribution in [0.2, 0.25) is 5.02 Å². The van der Waals surface area contributed by atoms with Gasteiger partial charge in [-0.1, -0.05) is 58.6 Å². The van der Waals surface area contributed by atoms with E-state index in [0.29, 0.717) is 12.0 Å². The minimum Gasteiger partial charge on any atom is -0.309 e. The molecule has 116 valence electrons. The lowest BCUT2D eigenvalue weighted by molar-refractivity contribution is 0.310. The molecule has 1 heterocycles. The molecule has 0 aliphatic carbocycles. The molecule has 0 saturated heterocycles. The molecule has 1 aromatic heterocycles. The van der Waals surface area contributed by atoms with Gasteiger partial charge in [-0.3, -0.25) is 4.68 Å². The van der Waals surface area contributed by atoms with E-state index in [0.717, 1.165) is 24.5 Å². The van der Waals surface area contributed by atoms with Crippen molar-refractivity contribution in [1.82, 2.24) is 15.1 Å². The van der Waals surface area contributed by atoms with Gasteiger partial charge >= 0.3 is 0 Å². The molecule has 0 saturated carbocycles. The molecule has 1 N–H and O–H groups in total. The topological polar surface area (TPSA) is 29.9 Å². The van der Waals surface area contributed by atoms with Crippen molar-refractivity contribution < 1.29 is 0 Å². The highest BCUT2D eigenvalue weighted by molar-refractivity contribution is 6.31. The lowest BCUT2D eigenvalue weighted by Crippen LogP contribution is -2.30. The number of hydrogen-bond donors (Lipinski definition) is 1. The monoisotopic (exact) mass is 299 g/mol. The Morgan fingerprint density at radius 2 is 2.00 bits per heavy atom. The van der Waals surface area contributed by atoms with Crippen LogP contribution in [0.25, 0.3) is 0 Å². The first-order valence-corrected chi connectivity index (χ1v) is 8.51. The Hall–Kier alpha value is -0.540. The Labute approximate surface area is 129 Å². The molecule has 1 rings (SSSR count). The summed E-state index contributed by atoms with van der Waals surface area (Å²) in [5.74, 6) is 0.625. The van der Waals surface area contributed by atoms with Crippen LogP contribution in [0.1, 0.15) is 71.5 Å². The Balaban J connectivity index is 3.01. The fourth-order valence-corrected chi connectivity index (χ4v) is 3.11. The molecule has 0 spiro atoms. The fraction of sp³-hybridized carbons (Fsp3) is 0.812. The van der Waals surface area contributed by atoms with E-state index in [4.69, 9.17) is 11.6 Å². The third-order valence-electron chi connectivity index (χ3n) is 3.91. The number of rotatable bonds is 10. The maximum Gasteiger partial charge on any atom is 0.0834 e. The zero-order valence-electron chi connectivity index (χ0n) is 13.5. The second-order valence-corrected chi connectivity index (χ2v) is 5.85. The van der Waals surface area contributed by atoms with Crippen molar-refractivity contribution >= 4 is 11.6 Å². The van der Waals surface area contributed by atoms with Crippen molar-refractivity contribution in [3.05, 3.63) is 16.9 Å². The lowest BCUT2D eigenvalue weighted by Gasteiger charge is -2.28. The van der Waals surface area contributed by atoms with Gasteiger partial charge in [0.25, 0.3) is 0 Å². The summed E-state index contributed by atoms with van der Waals surface area (Å²) in [6.07, 6.45) is 7.82. The van der Waals surface area contributed by atoms with E-state index in [1.54, 1.807) is 6.20 Å². The van der Waals surface area contributed by atoms with E-state index in [1.807, 2.05) is 0 Å². The van der Waals surface area contributed by atoms with Crippen LogP contribution in [-0.2, 0) is 6.54 Å². The quantitative estimate of drug-likeness (QED) is 0.671. The molecule has 0 radical (unpaired) electrons. The predicted octanol–water partition coefficient (Wildman–Crippen LogP) is 4.81. The summed E-state index contributed by atoms with van der Waals surface area (Å²) in [7, 11) is 0. The molecule has 2 atom stereocenters. The van der Waals surface area contributed by atoms with Gasteiger partial charge in [-0.15, -0.1) is 0 Å². The molecule has 4 heteroatoms. The Morgan fingerprint density at radius 3 is 2.55 bits per heavy atom. The van der Waals surface area contributed by atoms with Crippen LogP contribution in [-0.4, -0.2) is 16.3 Å². The standard InChI is InChI=1S/C16H30ClN3/c1-5-9-10-13(7-3)15(18-8-4)16-14(17)12-19-20(16)11-6-2/h12-13,15,18H,5-11H2,1-4H3. The van der Waals surface area contributed by atoms with E-state index in [-0.39, 0.29) is 0 Å². The first kappa shape index (κ1) is 17.5. The van der Waals surface area contributed by atoms with Gasteiger partial charge in [0, 0.05) is 6.54 Å². The largest absolute Gasteiger partial charge is 0.309 e. The number of unbranched alkanes of at least 4 members (excludes halogenated alkanes) is 1. The van der Waals surface area contributed by atoms with Crippen LogP contribution in [0, 0.1) is 5.92 Å². The minimum atomic E-state index is 0.318. The molecule has 2 unspecified atom stereocenters. The van der Waals surface area contributed by atoms with Crippen LogP contribution in [0.5, 0.6) is 0 Å². The normalized spacial score (nSPS) is 14.4. The van der Waals surface area contributed by atoms with Gasteiger partial charge in [0.05, 0.1) is 23.0 Å². The molecule has 0 aromatic carbocycles. The fourth-order valence-electron chi connectivity index (χ4n) is 2.85. The van der Waals surface area contributed by atoms with Gasteiger partial charge in [0.1, 0.15) is 0 Å². The highest BCUT2D eigenvalue weighted by Gasteiger charge is 2.26. The third kappa shape index (κ3) is 4.49. The third-order valence-corrected chi connectivity index (χ3v) is 4.20. The molecule has 0 aliphatic heterocycles. The summed E-state index contributed by atoms with van der Waals surface area (Å²) in [6.45, 7) is 10.8. The lowest BCUT2D eigenvalue weighted by atomic mass is 9.89. The Bertz CT molecular complexity index is 376. The minimum absolute atomic E-state index is 0.318. The molecule has 0 fully saturated rings. The maximum absolute atomic E-state index is 6.42. The summed E-state index contributed by atoms with van der Waals surface area (Å²) in [6, 6.07) is 0.318. The van der Waals surface area contributed by atoms with E-state index in [1.165, 1.54) is 31.4 Å². The van der Waals surface area contributed by atoms with Crippen molar-refractivity contribution in [2.75, 3.05) is 6.54 Å². The number of hydrogen-bond acceptors (Lipinski definition) is 2. The number of nitrogens with zero attached hydrogens (tertiary/aromatic N) is 2. The smallest absolute Gasteiger partial charge is 0.0834 e. The van der Waals surface area contributed by atoms with E-state index < -0.39 is 0 Å². The van der Waals surface area contributed by atoms with Crippen LogP contribution in [0.4, 0.5) is 0 Å². The number of aryl methyl sites for hydroxylation is 1. The van der Waals surface area contributed by atoms with E-state index in [2.05, 4.69) is 42.8 Å². The van der Waals surface area contributed by atoms with Crippen LogP contribution >= 0.6 is 11.6 Å². The van der Waals surface area contributed by atoms with Crippen molar-refractivity contribution in [1.29, 1.82) is 0 Å². The summed E-state index contributed by atoms with van der Waals surface area (Å²) in [5.41, 5.74) is 1.18. The molecule has 0 aliphatic rings. The molecule has 3 nitrogen and oxygen atoms in total. The average Bonchev–Trinajstić information content (AvgIpc) is 2.80. The molecule has 0 amide bonds. The van der Waals surface area contributed by atoms with Gasteiger partial charge < -0.3 is 5.32 Å². The van der Waals surface area contributed by atoms with Crippen LogP contribution in [0.15, 0.2) is 6.20 Å². The van der Waals surface area contributed by atoms with E-state index in [9.17, 15) is 0 Å². The SMILES string of the molecule is CCCCC(CC)C(NCC)c1c(Cl)cnn1CCC. The summed E-state index contributed by atoms with van der Waals surface area (Å²) < 4.78 is 2.09. The summed E-state index contributed by atoms with van der Waals surface area (Å²) in [4.78, 5) is 0. The Morgan fingerprint density at radius 1 is 1.25 bits per heavy atom. The molecular weight excluding hydrogens is 270 g/mol. The van der Waals surface area contributed by atoms with Gasteiger partial charge in [-0.05, 0) is 25.3 Å². The van der Waals surface area contributed by atoms with Gasteiger partial charge in [0.2, 0.25) is 0 Å². The zero-order valence-corrected chi connectivity index (χ0v) is 14.2. The molecular formula is C16H30ClN3. The first-order chi connectivity index (χ1) is 9.69. The highest BCUT2D eigenvalue weighted by atomic mass is 35.5. The van der Waals surface area contributed by atoms with Gasteiger partial charge in [-0.25, -0.2) is 0 Å². The maximum atomic E-state index is 6.42. The number of nitrogens with one attached hydrogen (secondary N) is 1. The summed E-state index contributed by atoms with van der Waals surface area (Å²) >= 11 is 6.42. The zero-order chi connectivity index (χ0) is 15.0. The van der Waals surface area contributed by atoms with Crippen molar-refractivity contribution in [2.45, 2.75) is 72.4 Å². The van der Waals surface area contributed by atoms with Crippen molar-refractivity contribution in [3.8, 4) is 0 Å². The molecule has 1 aromatic rings. The Kier molecular flexibility index (Phi) is 8.24. The molecule has 20 heavy (non-hydrogen) atoms. The van der Waals surface area contributed by atoms with Crippen LogP contribution in [0.3, 0.4) is 0 Å². The van der Waals surface area contributed by atoms with Crippen LogP contribution < -0.4 is 5.32 Å². The average molecular weight is 300 g/mol. The summed E-state index contributed by atoms with van der Waals surface area (Å²) in [5, 5.41) is 8.89. The van der Waals surface area contributed by atoms with E-state index >= 15 is 0 Å². The van der Waals surface area contributed by atoms with Gasteiger partial charge in [-0.2, -0.15) is 5.10 Å². The second kappa shape index (κ2) is 9.41. The number of halogens is 1. The first-order valence-electron chi connectivity index (χ1n) is 8.13. The van der Waals surface area contributed by atoms with Crippen molar-refractivity contribution in [2.24, 2.45) is 5.92 Å².